The van der Waals surface area contributed by atoms with Crippen LogP contribution in [0.5, 0.6) is 5.75 Å². The molecular formula is C15H23NO. The fraction of sp³-hybridized carbons (Fsp3) is 0.600. The zero-order valence-electron chi connectivity index (χ0n) is 24.0. The molecule has 94 valence electrons. The highest BCUT2D eigenvalue weighted by Gasteiger charge is 2.23. The molecule has 0 aliphatic heterocycles. The van der Waals surface area contributed by atoms with Gasteiger partial charge in [0.05, 0.1) is 11.2 Å². The molecule has 0 saturated heterocycles. The zero-order valence-corrected chi connectivity index (χ0v) is 9.00. The summed E-state index contributed by atoms with van der Waals surface area (Å²) >= 11 is 0. The van der Waals surface area contributed by atoms with Crippen molar-refractivity contribution in [2.45, 2.75) is 37.8 Å². The first-order chi connectivity index (χ1) is 14.0. The zero-order chi connectivity index (χ0) is 25.4. The van der Waals surface area contributed by atoms with Gasteiger partial charge in [-0.25, -0.2) is 0 Å². The summed E-state index contributed by atoms with van der Waals surface area (Å²) in [6, 6.07) is 4.16. The molecule has 0 spiro atoms. The molecule has 0 amide bonds. The lowest BCUT2D eigenvalue weighted by molar-refractivity contribution is 0.307. The normalized spacial score (nSPS) is 51.2. The lowest BCUT2D eigenvalue weighted by Gasteiger charge is -2.29. The highest BCUT2D eigenvalue weighted by Crippen LogP contribution is 2.35. The van der Waals surface area contributed by atoms with Crippen molar-refractivity contribution in [2.24, 2.45) is 11.6 Å². The quantitative estimate of drug-likeness (QED) is 0.887. The molecule has 0 heterocycles. The third-order valence-corrected chi connectivity index (χ3v) is 2.33. The van der Waals surface area contributed by atoms with Crippen LogP contribution >= 0.6 is 0 Å². The van der Waals surface area contributed by atoms with Gasteiger partial charge in [-0.1, -0.05) is 31.3 Å². The minimum absolute atomic E-state index is 0.191. The van der Waals surface area contributed by atoms with Crippen LogP contribution in [0, 0.1) is 5.89 Å². The molecule has 0 aromatic heterocycles. The molecule has 1 saturated carbocycles. The first-order valence-corrected chi connectivity index (χ1v) is 4.99. The number of rotatable bonds is 4. The van der Waals surface area contributed by atoms with Gasteiger partial charge >= 0.3 is 0 Å². The van der Waals surface area contributed by atoms with Crippen molar-refractivity contribution in [3.63, 3.8) is 0 Å². The third kappa shape index (κ3) is 3.01. The van der Waals surface area contributed by atoms with Crippen LogP contribution in [0.1, 0.15) is 63.9 Å². The van der Waals surface area contributed by atoms with E-state index >= 15 is 0 Å². The minimum atomic E-state index is -3.76. The van der Waals surface area contributed by atoms with E-state index < -0.39 is 57.2 Å². The number of nitrogens with two attached hydrogens (primary N) is 1. The molecule has 2 heteroatoms. The van der Waals surface area contributed by atoms with Gasteiger partial charge in [-0.05, 0) is 48.8 Å². The molecule has 1 fully saturated rings. The first-order valence-electron chi connectivity index (χ1n) is 12.5. The SMILES string of the molecule is [2H]C([2H])([2H])Oc1ccc(C([2H])(CN)C2([2H])C([2H])([2H])C([2H])([2H])C([2H])([2H])C([2H])([2H])C2([2H])[2H])cc1. The summed E-state index contributed by atoms with van der Waals surface area (Å²) in [6.45, 7) is -0.968. The number of methoxy groups -OCH3 is 1. The van der Waals surface area contributed by atoms with Crippen LogP contribution in [0.15, 0.2) is 24.3 Å². The average molecular weight is 248 g/mol. The Hall–Kier alpha value is -1.02. The van der Waals surface area contributed by atoms with Gasteiger partial charge in [-0.3, -0.25) is 0 Å². The van der Waals surface area contributed by atoms with E-state index in [4.69, 9.17) is 31.0 Å². The fourth-order valence-corrected chi connectivity index (χ4v) is 1.49. The molecular weight excluding hydrogens is 210 g/mol. The Morgan fingerprint density at radius 2 is 2.18 bits per heavy atom. The monoisotopic (exact) mass is 248 g/mol. The maximum absolute atomic E-state index is 8.85. The standard InChI is InChI=1S/C15H23NO/c1-17-14-9-7-13(8-10-14)15(11-16)12-5-3-2-4-6-12/h7-10,12,15H,2-6,11,16H2,1H3/i1D3,2D2,3D2,4D2,5D2,6D2,12D,15D. The summed E-state index contributed by atoms with van der Waals surface area (Å²) in [5.41, 5.74) is 5.34. The van der Waals surface area contributed by atoms with Crippen LogP contribution in [-0.2, 0) is 0 Å². The van der Waals surface area contributed by atoms with Crippen LogP contribution in [0.4, 0.5) is 0 Å². The molecule has 1 unspecified atom stereocenters. The van der Waals surface area contributed by atoms with E-state index in [0.717, 1.165) is 24.3 Å². The number of hydrogen-bond donors (Lipinski definition) is 1. The summed E-state index contributed by atoms with van der Waals surface area (Å²) in [5.74, 6) is -6.63. The topological polar surface area (TPSA) is 35.2 Å². The number of ether oxygens (including phenoxy) is 1. The maximum atomic E-state index is 8.85. The predicted molar refractivity (Wildman–Crippen MR) is 71.4 cm³/mol. The van der Waals surface area contributed by atoms with Crippen molar-refractivity contribution in [3.05, 3.63) is 29.8 Å². The Morgan fingerprint density at radius 3 is 2.76 bits per heavy atom. The summed E-state index contributed by atoms with van der Waals surface area (Å²) in [5, 5.41) is 0. The second-order valence-corrected chi connectivity index (χ2v) is 3.31. The van der Waals surface area contributed by atoms with E-state index in [1.54, 1.807) is 0 Å². The first kappa shape index (κ1) is 3.51. The van der Waals surface area contributed by atoms with Crippen LogP contribution in [0.2, 0.25) is 0 Å². The van der Waals surface area contributed by atoms with E-state index in [0.29, 0.717) is 0 Å². The van der Waals surface area contributed by atoms with E-state index in [1.807, 2.05) is 0 Å². The Balaban J connectivity index is 2.82. The Kier molecular flexibility index (Phi) is 1.25. The van der Waals surface area contributed by atoms with Gasteiger partial charge in [0.2, 0.25) is 0 Å². The van der Waals surface area contributed by atoms with Crippen LogP contribution in [-0.4, -0.2) is 13.6 Å². The predicted octanol–water partition coefficient (Wildman–Crippen LogP) is 3.32. The Bertz CT molecular complexity index is 833. The molecule has 1 aliphatic carbocycles. The van der Waals surface area contributed by atoms with Gasteiger partial charge in [0.25, 0.3) is 0 Å². The van der Waals surface area contributed by atoms with Crippen molar-refractivity contribution < 1.29 is 25.3 Å². The van der Waals surface area contributed by atoms with Crippen LogP contribution < -0.4 is 10.5 Å². The van der Waals surface area contributed by atoms with Crippen molar-refractivity contribution in [1.29, 1.82) is 0 Å². The average Bonchev–Trinajstić information content (AvgIpc) is 2.64. The largest absolute Gasteiger partial charge is 0.497 e. The molecule has 1 aromatic rings. The van der Waals surface area contributed by atoms with Gasteiger partial charge in [0.15, 0.2) is 0 Å². The summed E-state index contributed by atoms with van der Waals surface area (Å²) in [6.07, 6.45) is -18.7. The van der Waals surface area contributed by atoms with E-state index in [1.165, 1.54) is 0 Å². The van der Waals surface area contributed by atoms with Gasteiger partial charge < -0.3 is 10.5 Å². The molecule has 0 radical (unpaired) electrons. The minimum Gasteiger partial charge on any atom is -0.497 e. The molecule has 2 rings (SSSR count). The maximum Gasteiger partial charge on any atom is 0.118 e. The summed E-state index contributed by atoms with van der Waals surface area (Å²) in [4.78, 5) is 0. The lowest BCUT2D eigenvalue weighted by Crippen LogP contribution is -2.23. The van der Waals surface area contributed by atoms with Crippen molar-refractivity contribution in [3.8, 4) is 5.75 Å². The molecule has 1 atom stereocenters. The van der Waals surface area contributed by atoms with Gasteiger partial charge in [0.1, 0.15) is 5.75 Å². The molecule has 1 aromatic carbocycles. The number of benzene rings is 1. The second kappa shape index (κ2) is 6.06. The van der Waals surface area contributed by atoms with Crippen molar-refractivity contribution in [2.75, 3.05) is 13.6 Å². The van der Waals surface area contributed by atoms with E-state index in [2.05, 4.69) is 0 Å². The Labute approximate surface area is 125 Å². The molecule has 1 aliphatic rings. The fourth-order valence-electron chi connectivity index (χ4n) is 1.49. The molecule has 2 nitrogen and oxygen atoms in total. The van der Waals surface area contributed by atoms with Gasteiger partial charge in [0, 0.05) is 16.4 Å². The van der Waals surface area contributed by atoms with E-state index in [9.17, 15) is 0 Å². The highest BCUT2D eigenvalue weighted by molar-refractivity contribution is 5.30. The molecule has 17 heavy (non-hydrogen) atoms. The van der Waals surface area contributed by atoms with Crippen LogP contribution in [0.25, 0.3) is 0 Å². The highest BCUT2D eigenvalue weighted by atomic mass is 16.5. The smallest absolute Gasteiger partial charge is 0.118 e. The third-order valence-electron chi connectivity index (χ3n) is 2.33. The number of hydrogen-bond acceptors (Lipinski definition) is 2. The lowest BCUT2D eigenvalue weighted by atomic mass is 9.77. The van der Waals surface area contributed by atoms with Gasteiger partial charge in [-0.2, -0.15) is 0 Å². The molecule has 2 N–H and O–H groups in total. The summed E-state index contributed by atoms with van der Waals surface area (Å²) < 4.78 is 125. The van der Waals surface area contributed by atoms with Gasteiger partial charge in [-0.15, -0.1) is 0 Å². The Morgan fingerprint density at radius 1 is 1.47 bits per heavy atom. The van der Waals surface area contributed by atoms with Crippen LogP contribution in [0.3, 0.4) is 0 Å². The molecule has 0 bridgehead atoms. The second-order valence-electron chi connectivity index (χ2n) is 3.31. The van der Waals surface area contributed by atoms with Crippen molar-refractivity contribution >= 4 is 0 Å². The van der Waals surface area contributed by atoms with E-state index in [-0.39, 0.29) is 11.3 Å². The summed E-state index contributed by atoms with van der Waals surface area (Å²) in [7, 11) is -2.81. The van der Waals surface area contributed by atoms with Crippen molar-refractivity contribution in [1.82, 2.24) is 0 Å².